The summed E-state index contributed by atoms with van der Waals surface area (Å²) in [5.74, 6) is 2.57. The summed E-state index contributed by atoms with van der Waals surface area (Å²) in [6.07, 6.45) is 3.86. The molecule has 3 atom stereocenters. The highest BCUT2D eigenvalue weighted by molar-refractivity contribution is 7.92. The van der Waals surface area contributed by atoms with E-state index in [0.29, 0.717) is 17.2 Å². The van der Waals surface area contributed by atoms with Crippen molar-refractivity contribution in [1.82, 2.24) is 0 Å². The summed E-state index contributed by atoms with van der Waals surface area (Å²) < 4.78 is 58.0. The topological polar surface area (TPSA) is 92.3 Å². The largest absolute Gasteiger partial charge is 0.496 e. The molecule has 1 fully saturated rings. The van der Waals surface area contributed by atoms with E-state index in [2.05, 4.69) is 4.72 Å². The summed E-state index contributed by atoms with van der Waals surface area (Å²) in [6, 6.07) is 15.7. The van der Waals surface area contributed by atoms with Crippen LogP contribution >= 0.6 is 0 Å². The third kappa shape index (κ3) is 4.76. The quantitative estimate of drug-likeness (QED) is 0.394. The first kappa shape index (κ1) is 26.2. The van der Waals surface area contributed by atoms with E-state index in [1.807, 2.05) is 30.3 Å². The normalized spacial score (nSPS) is 20.6. The van der Waals surface area contributed by atoms with Crippen LogP contribution in [0.1, 0.15) is 54.4 Å². The van der Waals surface area contributed by atoms with Crippen molar-refractivity contribution in [3.05, 3.63) is 71.3 Å². The minimum atomic E-state index is -3.89. The molecule has 0 unspecified atom stereocenters. The number of ether oxygens (including phenoxy) is 5. The van der Waals surface area contributed by atoms with E-state index in [1.165, 1.54) is 26.4 Å². The first-order valence-electron chi connectivity index (χ1n) is 12.6. The minimum Gasteiger partial charge on any atom is -0.496 e. The van der Waals surface area contributed by atoms with Crippen molar-refractivity contribution in [3.63, 3.8) is 0 Å². The first-order chi connectivity index (χ1) is 18.4. The van der Waals surface area contributed by atoms with Gasteiger partial charge in [-0.15, -0.1) is 0 Å². The van der Waals surface area contributed by atoms with Crippen LogP contribution in [-0.4, -0.2) is 43.0 Å². The molecule has 38 heavy (non-hydrogen) atoms. The summed E-state index contributed by atoms with van der Waals surface area (Å²) in [5.41, 5.74) is 3.32. The highest BCUT2D eigenvalue weighted by Gasteiger charge is 2.41. The van der Waals surface area contributed by atoms with E-state index in [4.69, 9.17) is 23.7 Å². The third-order valence-electron chi connectivity index (χ3n) is 7.40. The van der Waals surface area contributed by atoms with Gasteiger partial charge in [0.15, 0.2) is 11.5 Å². The standard InChI is InChI=1S/C29H33NO7S/c1-33-23-13-12-20(17-26(23)36-4)38(31,32)30-19-9-7-8-18(16-19)29-28-25(35-3)15-14-24(34-2)27(28)21-10-5-6-11-22(21)37-29/h7-9,12-17,21-22,29-30H,5-6,10-11H2,1-4H3/t21-,22-,29+/m1/s1. The van der Waals surface area contributed by atoms with Gasteiger partial charge in [0.2, 0.25) is 0 Å². The summed E-state index contributed by atoms with van der Waals surface area (Å²) >= 11 is 0. The molecule has 202 valence electrons. The van der Waals surface area contributed by atoms with Gasteiger partial charge in [0.1, 0.15) is 17.6 Å². The van der Waals surface area contributed by atoms with Crippen molar-refractivity contribution in [2.45, 2.75) is 48.7 Å². The predicted molar refractivity (Wildman–Crippen MR) is 144 cm³/mol. The van der Waals surface area contributed by atoms with Crippen LogP contribution in [0.25, 0.3) is 0 Å². The van der Waals surface area contributed by atoms with E-state index in [-0.39, 0.29) is 16.9 Å². The van der Waals surface area contributed by atoms with Gasteiger partial charge in [0, 0.05) is 28.8 Å². The second-order valence-electron chi connectivity index (χ2n) is 9.49. The van der Waals surface area contributed by atoms with Crippen LogP contribution < -0.4 is 23.7 Å². The van der Waals surface area contributed by atoms with Crippen LogP contribution in [0, 0.1) is 0 Å². The molecular formula is C29H33NO7S. The van der Waals surface area contributed by atoms with Crippen LogP contribution in [-0.2, 0) is 14.8 Å². The van der Waals surface area contributed by atoms with Gasteiger partial charge < -0.3 is 23.7 Å². The molecule has 1 heterocycles. The number of sulfonamides is 1. The Bertz CT molecular complexity index is 1420. The molecule has 0 bridgehead atoms. The fourth-order valence-corrected chi connectivity index (χ4v) is 6.71. The maximum absolute atomic E-state index is 13.3. The van der Waals surface area contributed by atoms with E-state index in [9.17, 15) is 8.42 Å². The molecular weight excluding hydrogens is 506 g/mol. The second-order valence-corrected chi connectivity index (χ2v) is 11.2. The molecule has 1 N–H and O–H groups in total. The summed E-state index contributed by atoms with van der Waals surface area (Å²) in [5, 5.41) is 0. The van der Waals surface area contributed by atoms with E-state index in [0.717, 1.165) is 53.9 Å². The van der Waals surface area contributed by atoms with Crippen molar-refractivity contribution in [1.29, 1.82) is 0 Å². The highest BCUT2D eigenvalue weighted by Crippen LogP contribution is 2.53. The van der Waals surface area contributed by atoms with Crippen LogP contribution in [0.5, 0.6) is 23.0 Å². The molecule has 0 amide bonds. The van der Waals surface area contributed by atoms with Crippen molar-refractivity contribution in [2.75, 3.05) is 33.2 Å². The fraction of sp³-hybridized carbons (Fsp3) is 0.379. The Morgan fingerprint density at radius 3 is 2.13 bits per heavy atom. The lowest BCUT2D eigenvalue weighted by Crippen LogP contribution is -2.34. The van der Waals surface area contributed by atoms with Gasteiger partial charge in [-0.05, 0) is 54.8 Å². The highest BCUT2D eigenvalue weighted by atomic mass is 32.2. The van der Waals surface area contributed by atoms with Crippen molar-refractivity contribution >= 4 is 15.7 Å². The number of benzene rings is 3. The SMILES string of the molecule is COc1ccc(S(=O)(=O)Nc2cccc([C@@H]3O[C@@H]4CCCC[C@H]4c4c(OC)ccc(OC)c43)c2)cc1OC. The van der Waals surface area contributed by atoms with Gasteiger partial charge in [-0.2, -0.15) is 0 Å². The molecule has 3 aromatic rings. The molecule has 3 aromatic carbocycles. The Morgan fingerprint density at radius 2 is 1.42 bits per heavy atom. The van der Waals surface area contributed by atoms with Gasteiger partial charge in [0.25, 0.3) is 10.0 Å². The molecule has 1 aliphatic heterocycles. The molecule has 2 aliphatic rings. The molecule has 0 spiro atoms. The number of nitrogens with one attached hydrogen (secondary N) is 1. The molecule has 9 heteroatoms. The van der Waals surface area contributed by atoms with Crippen molar-refractivity contribution in [2.24, 2.45) is 0 Å². The van der Waals surface area contributed by atoms with Gasteiger partial charge in [0.05, 0.1) is 39.4 Å². The van der Waals surface area contributed by atoms with Crippen molar-refractivity contribution in [3.8, 4) is 23.0 Å². The van der Waals surface area contributed by atoms with Gasteiger partial charge in [-0.1, -0.05) is 25.0 Å². The lowest BCUT2D eigenvalue weighted by atomic mass is 9.75. The van der Waals surface area contributed by atoms with Crippen molar-refractivity contribution < 1.29 is 32.1 Å². The van der Waals surface area contributed by atoms with Gasteiger partial charge in [-0.25, -0.2) is 8.42 Å². The fourth-order valence-electron chi connectivity index (χ4n) is 5.65. The Balaban J connectivity index is 1.53. The Kier molecular flexibility index (Phi) is 7.40. The maximum Gasteiger partial charge on any atom is 0.262 e. The van der Waals surface area contributed by atoms with Gasteiger partial charge >= 0.3 is 0 Å². The van der Waals surface area contributed by atoms with E-state index < -0.39 is 16.1 Å². The molecule has 0 aromatic heterocycles. The number of fused-ring (bicyclic) bond motifs is 3. The number of hydrogen-bond acceptors (Lipinski definition) is 7. The zero-order valence-corrected chi connectivity index (χ0v) is 22.8. The molecule has 8 nitrogen and oxygen atoms in total. The number of anilines is 1. The van der Waals surface area contributed by atoms with E-state index >= 15 is 0 Å². The third-order valence-corrected chi connectivity index (χ3v) is 8.78. The van der Waals surface area contributed by atoms with Gasteiger partial charge in [-0.3, -0.25) is 4.72 Å². The zero-order chi connectivity index (χ0) is 26.9. The molecule has 0 saturated heterocycles. The number of methoxy groups -OCH3 is 4. The predicted octanol–water partition coefficient (Wildman–Crippen LogP) is 5.67. The minimum absolute atomic E-state index is 0.0503. The van der Waals surface area contributed by atoms with Crippen LogP contribution in [0.15, 0.2) is 59.5 Å². The lowest BCUT2D eigenvalue weighted by molar-refractivity contribution is -0.0406. The summed E-state index contributed by atoms with van der Waals surface area (Å²) in [4.78, 5) is 0.0660. The molecule has 1 saturated carbocycles. The average Bonchev–Trinajstić information content (AvgIpc) is 2.95. The van der Waals surface area contributed by atoms with E-state index in [1.54, 1.807) is 26.4 Å². The Labute approximate surface area is 223 Å². The monoisotopic (exact) mass is 539 g/mol. The Hall–Kier alpha value is -3.43. The smallest absolute Gasteiger partial charge is 0.262 e. The molecule has 0 radical (unpaired) electrons. The zero-order valence-electron chi connectivity index (χ0n) is 22.0. The lowest BCUT2D eigenvalue weighted by Gasteiger charge is -2.42. The average molecular weight is 540 g/mol. The van der Waals surface area contributed by atoms with Crippen LogP contribution in [0.4, 0.5) is 5.69 Å². The maximum atomic E-state index is 13.3. The Morgan fingerprint density at radius 1 is 0.763 bits per heavy atom. The molecule has 1 aliphatic carbocycles. The summed E-state index contributed by atoms with van der Waals surface area (Å²) in [6.45, 7) is 0. The molecule has 5 rings (SSSR count). The summed E-state index contributed by atoms with van der Waals surface area (Å²) in [7, 11) is 2.42. The number of hydrogen-bond donors (Lipinski definition) is 1. The van der Waals surface area contributed by atoms with Crippen LogP contribution in [0.2, 0.25) is 0 Å². The number of rotatable bonds is 8. The first-order valence-corrected chi connectivity index (χ1v) is 14.1. The second kappa shape index (κ2) is 10.7. The van der Waals surface area contributed by atoms with Crippen LogP contribution in [0.3, 0.4) is 0 Å².